The quantitative estimate of drug-likeness (QED) is 0.666. The summed E-state index contributed by atoms with van der Waals surface area (Å²) in [6.07, 6.45) is 1.44. The van der Waals surface area contributed by atoms with E-state index in [2.05, 4.69) is 0 Å². The Labute approximate surface area is 101 Å². The third-order valence-electron chi connectivity index (χ3n) is 2.11. The zero-order chi connectivity index (χ0) is 12.3. The Morgan fingerprint density at radius 3 is 2.71 bits per heavy atom. The minimum atomic E-state index is -1.26. The topological polar surface area (TPSA) is 74.2 Å². The maximum atomic E-state index is 11.0. The average molecular weight is 245 g/mol. The number of carboxylic acids is 1. The lowest BCUT2D eigenvalue weighted by atomic mass is 10.1. The maximum Gasteiger partial charge on any atom is 0.347 e. The summed E-state index contributed by atoms with van der Waals surface area (Å²) in [5.41, 5.74) is 0.00222. The Morgan fingerprint density at radius 2 is 2.24 bits per heavy atom. The molecule has 2 aromatic heterocycles. The molecule has 0 aromatic carbocycles. The standard InChI is InChI=1S/C12H7NO3S/c13-7-8(12(14)15)11(9-3-1-5-16-9)10-4-2-6-17-10/h1-6H,(H,14,15)/b11-8-. The Hall–Kier alpha value is -2.32. The molecule has 0 saturated heterocycles. The van der Waals surface area contributed by atoms with Crippen molar-refractivity contribution in [1.29, 1.82) is 5.26 Å². The first-order chi connectivity index (χ1) is 8.24. The molecule has 84 valence electrons. The fraction of sp³-hybridized carbons (Fsp3) is 0. The van der Waals surface area contributed by atoms with Crippen LogP contribution in [-0.2, 0) is 4.79 Å². The predicted molar refractivity (Wildman–Crippen MR) is 62.3 cm³/mol. The SMILES string of the molecule is N#C/C(C(=O)O)=C(\c1ccco1)c1cccs1. The first kappa shape index (κ1) is 11.2. The molecule has 0 aliphatic carbocycles. The van der Waals surface area contributed by atoms with E-state index in [4.69, 9.17) is 14.8 Å². The third kappa shape index (κ3) is 2.12. The summed E-state index contributed by atoms with van der Waals surface area (Å²) in [5.74, 6) is -0.876. The molecule has 2 heterocycles. The lowest BCUT2D eigenvalue weighted by Gasteiger charge is -2.02. The summed E-state index contributed by atoms with van der Waals surface area (Å²) in [5, 5.41) is 19.8. The van der Waals surface area contributed by atoms with Gasteiger partial charge >= 0.3 is 5.97 Å². The number of carboxylic acid groups (broad SMARTS) is 1. The number of hydrogen-bond acceptors (Lipinski definition) is 4. The zero-order valence-corrected chi connectivity index (χ0v) is 9.40. The second-order valence-electron chi connectivity index (χ2n) is 3.12. The third-order valence-corrected chi connectivity index (χ3v) is 3.00. The van der Waals surface area contributed by atoms with Crippen molar-refractivity contribution in [3.63, 3.8) is 0 Å². The Bertz CT molecular complexity index is 552. The number of furan rings is 1. The minimum Gasteiger partial charge on any atom is -0.477 e. The van der Waals surface area contributed by atoms with Gasteiger partial charge in [0, 0.05) is 4.88 Å². The van der Waals surface area contributed by atoms with Crippen molar-refractivity contribution in [2.24, 2.45) is 0 Å². The van der Waals surface area contributed by atoms with Gasteiger partial charge in [-0.3, -0.25) is 0 Å². The monoisotopic (exact) mass is 245 g/mol. The Morgan fingerprint density at radius 1 is 1.41 bits per heavy atom. The molecule has 17 heavy (non-hydrogen) atoms. The van der Waals surface area contributed by atoms with Crippen molar-refractivity contribution in [2.75, 3.05) is 0 Å². The molecule has 0 aliphatic heterocycles. The first-order valence-corrected chi connectivity index (χ1v) is 5.57. The highest BCUT2D eigenvalue weighted by molar-refractivity contribution is 7.11. The highest BCUT2D eigenvalue weighted by atomic mass is 32.1. The van der Waals surface area contributed by atoms with Crippen LogP contribution >= 0.6 is 11.3 Å². The van der Waals surface area contributed by atoms with Crippen molar-refractivity contribution >= 4 is 22.9 Å². The molecule has 0 amide bonds. The summed E-state index contributed by atoms with van der Waals surface area (Å²) in [7, 11) is 0. The van der Waals surface area contributed by atoms with Crippen LogP contribution in [-0.4, -0.2) is 11.1 Å². The number of hydrogen-bond donors (Lipinski definition) is 1. The molecule has 0 atom stereocenters. The molecule has 0 unspecified atom stereocenters. The van der Waals surface area contributed by atoms with Gasteiger partial charge in [-0.15, -0.1) is 11.3 Å². The Kier molecular flexibility index (Phi) is 3.08. The predicted octanol–water partition coefficient (Wildman–Crippen LogP) is 2.75. The lowest BCUT2D eigenvalue weighted by molar-refractivity contribution is -0.132. The number of carbonyl (C=O) groups is 1. The van der Waals surface area contributed by atoms with Crippen LogP contribution in [0.1, 0.15) is 10.6 Å². The van der Waals surface area contributed by atoms with Crippen LogP contribution < -0.4 is 0 Å². The molecular weight excluding hydrogens is 238 g/mol. The van der Waals surface area contributed by atoms with Gasteiger partial charge in [0.25, 0.3) is 0 Å². The van der Waals surface area contributed by atoms with E-state index in [1.54, 1.807) is 30.3 Å². The number of rotatable bonds is 3. The van der Waals surface area contributed by atoms with Crippen molar-refractivity contribution < 1.29 is 14.3 Å². The van der Waals surface area contributed by atoms with E-state index in [1.165, 1.54) is 17.6 Å². The van der Waals surface area contributed by atoms with Crippen molar-refractivity contribution in [2.45, 2.75) is 0 Å². The molecule has 2 aromatic rings. The van der Waals surface area contributed by atoms with Gasteiger partial charge in [0.1, 0.15) is 17.4 Å². The van der Waals surface area contributed by atoms with Gasteiger partial charge in [-0.1, -0.05) is 6.07 Å². The molecule has 5 heteroatoms. The molecule has 0 spiro atoms. The first-order valence-electron chi connectivity index (χ1n) is 4.69. The van der Waals surface area contributed by atoms with E-state index in [0.29, 0.717) is 16.2 Å². The molecule has 0 saturated carbocycles. The van der Waals surface area contributed by atoms with Gasteiger partial charge in [-0.25, -0.2) is 4.79 Å². The minimum absolute atomic E-state index is 0.317. The normalized spacial score (nSPS) is 11.7. The van der Waals surface area contributed by atoms with Gasteiger partial charge in [0.2, 0.25) is 0 Å². The van der Waals surface area contributed by atoms with E-state index >= 15 is 0 Å². The second-order valence-corrected chi connectivity index (χ2v) is 4.07. The van der Waals surface area contributed by atoms with Crippen LogP contribution in [0.15, 0.2) is 45.9 Å². The molecule has 0 bridgehead atoms. The van der Waals surface area contributed by atoms with Gasteiger partial charge in [-0.05, 0) is 23.6 Å². The molecular formula is C12H7NO3S. The summed E-state index contributed by atoms with van der Waals surface area (Å²) < 4.78 is 5.19. The van der Waals surface area contributed by atoms with Crippen molar-refractivity contribution in [3.05, 3.63) is 52.1 Å². The Balaban J connectivity index is 2.69. The second kappa shape index (κ2) is 4.68. The zero-order valence-electron chi connectivity index (χ0n) is 8.58. The molecule has 0 fully saturated rings. The fourth-order valence-electron chi connectivity index (χ4n) is 1.42. The van der Waals surface area contributed by atoms with Crippen molar-refractivity contribution in [3.8, 4) is 6.07 Å². The number of nitriles is 1. The summed E-state index contributed by atoms with van der Waals surface area (Å²) in [4.78, 5) is 11.7. The number of thiophene rings is 1. The van der Waals surface area contributed by atoms with E-state index in [9.17, 15) is 4.79 Å². The molecule has 4 nitrogen and oxygen atoms in total. The fourth-order valence-corrected chi connectivity index (χ4v) is 2.20. The van der Waals surface area contributed by atoms with Crippen LogP contribution in [0.5, 0.6) is 0 Å². The van der Waals surface area contributed by atoms with Gasteiger partial charge < -0.3 is 9.52 Å². The van der Waals surface area contributed by atoms with Gasteiger partial charge in [0.05, 0.1) is 11.8 Å². The number of aliphatic carboxylic acids is 1. The smallest absolute Gasteiger partial charge is 0.347 e. The van der Waals surface area contributed by atoms with Crippen LogP contribution in [0.4, 0.5) is 0 Å². The van der Waals surface area contributed by atoms with E-state index in [-0.39, 0.29) is 5.57 Å². The van der Waals surface area contributed by atoms with E-state index in [0.717, 1.165) is 0 Å². The average Bonchev–Trinajstić information content (AvgIpc) is 2.98. The van der Waals surface area contributed by atoms with Crippen LogP contribution in [0.25, 0.3) is 5.57 Å². The van der Waals surface area contributed by atoms with Crippen LogP contribution in [0.3, 0.4) is 0 Å². The highest BCUT2D eigenvalue weighted by Gasteiger charge is 2.20. The van der Waals surface area contributed by atoms with Gasteiger partial charge in [-0.2, -0.15) is 5.26 Å². The molecule has 0 aliphatic rings. The largest absolute Gasteiger partial charge is 0.477 e. The maximum absolute atomic E-state index is 11.0. The van der Waals surface area contributed by atoms with Crippen LogP contribution in [0.2, 0.25) is 0 Å². The number of nitrogens with zero attached hydrogens (tertiary/aromatic N) is 1. The summed E-state index contributed by atoms with van der Waals surface area (Å²) >= 11 is 1.36. The molecule has 2 rings (SSSR count). The van der Waals surface area contributed by atoms with Gasteiger partial charge in [0.15, 0.2) is 0 Å². The van der Waals surface area contributed by atoms with E-state index < -0.39 is 5.97 Å². The molecule has 0 radical (unpaired) electrons. The summed E-state index contributed by atoms with van der Waals surface area (Å²) in [6.45, 7) is 0. The van der Waals surface area contributed by atoms with Crippen molar-refractivity contribution in [1.82, 2.24) is 0 Å². The van der Waals surface area contributed by atoms with E-state index in [1.807, 2.05) is 5.38 Å². The lowest BCUT2D eigenvalue weighted by Crippen LogP contribution is -2.02. The summed E-state index contributed by atoms with van der Waals surface area (Å²) in [6, 6.07) is 8.54. The van der Waals surface area contributed by atoms with Crippen LogP contribution in [0, 0.1) is 11.3 Å². The highest BCUT2D eigenvalue weighted by Crippen LogP contribution is 2.30. The molecule has 1 N–H and O–H groups in total.